The highest BCUT2D eigenvalue weighted by Gasteiger charge is 2.31. The maximum Gasteiger partial charge on any atom is 0.236 e. The number of aliphatic hydroxyl groups excluding tert-OH is 1. The van der Waals surface area contributed by atoms with Crippen LogP contribution in [0.15, 0.2) is 29.7 Å². The largest absolute Gasteiger partial charge is 0.393 e. The SMILES string of the molecule is Cc1ccc(/C=C/S(=O)(=O)N2CCC(C(C)O)C2)cc1. The molecule has 2 rings (SSSR count). The first-order chi connectivity index (χ1) is 9.38. The van der Waals surface area contributed by atoms with Gasteiger partial charge in [0.1, 0.15) is 0 Å². The van der Waals surface area contributed by atoms with Crippen LogP contribution in [0.1, 0.15) is 24.5 Å². The molecule has 0 amide bonds. The fraction of sp³-hybridized carbons (Fsp3) is 0.467. The van der Waals surface area contributed by atoms with E-state index < -0.39 is 16.1 Å². The first kappa shape index (κ1) is 15.2. The van der Waals surface area contributed by atoms with Gasteiger partial charge in [-0.15, -0.1) is 0 Å². The van der Waals surface area contributed by atoms with Crippen molar-refractivity contribution < 1.29 is 13.5 Å². The van der Waals surface area contributed by atoms with Crippen molar-refractivity contribution in [1.82, 2.24) is 4.31 Å². The van der Waals surface area contributed by atoms with Crippen molar-refractivity contribution in [1.29, 1.82) is 0 Å². The third-order valence-electron chi connectivity index (χ3n) is 3.74. The number of aliphatic hydroxyl groups is 1. The minimum Gasteiger partial charge on any atom is -0.393 e. The van der Waals surface area contributed by atoms with E-state index in [-0.39, 0.29) is 5.92 Å². The lowest BCUT2D eigenvalue weighted by molar-refractivity contribution is 0.133. The molecule has 1 fully saturated rings. The molecule has 1 aromatic carbocycles. The van der Waals surface area contributed by atoms with Crippen LogP contribution in [0.25, 0.3) is 6.08 Å². The molecule has 1 saturated heterocycles. The lowest BCUT2D eigenvalue weighted by Crippen LogP contribution is -2.28. The maximum absolute atomic E-state index is 12.2. The predicted octanol–water partition coefficient (Wildman–Crippen LogP) is 2.00. The molecule has 1 aliphatic heterocycles. The number of rotatable bonds is 4. The molecule has 0 aliphatic carbocycles. The molecule has 1 aliphatic rings. The Balaban J connectivity index is 2.06. The number of nitrogens with zero attached hydrogens (tertiary/aromatic N) is 1. The molecule has 1 heterocycles. The van der Waals surface area contributed by atoms with Crippen LogP contribution in [0.5, 0.6) is 0 Å². The second-order valence-corrected chi connectivity index (χ2v) is 7.22. The minimum atomic E-state index is -3.39. The van der Waals surface area contributed by atoms with Crippen LogP contribution in [0.4, 0.5) is 0 Å². The number of hydrogen-bond acceptors (Lipinski definition) is 3. The summed E-state index contributed by atoms with van der Waals surface area (Å²) in [5, 5.41) is 10.8. The van der Waals surface area contributed by atoms with Crippen LogP contribution in [0, 0.1) is 12.8 Å². The van der Waals surface area contributed by atoms with Crippen molar-refractivity contribution in [3.05, 3.63) is 40.8 Å². The molecule has 0 bridgehead atoms. The molecule has 20 heavy (non-hydrogen) atoms. The van der Waals surface area contributed by atoms with Gasteiger partial charge in [-0.2, -0.15) is 4.31 Å². The van der Waals surface area contributed by atoms with Crippen molar-refractivity contribution in [2.75, 3.05) is 13.1 Å². The Morgan fingerprint density at radius 2 is 2.00 bits per heavy atom. The molecule has 0 aromatic heterocycles. The lowest BCUT2D eigenvalue weighted by atomic mass is 10.0. The van der Waals surface area contributed by atoms with Crippen LogP contribution >= 0.6 is 0 Å². The minimum absolute atomic E-state index is 0.0394. The van der Waals surface area contributed by atoms with Gasteiger partial charge in [0, 0.05) is 18.5 Å². The van der Waals surface area contributed by atoms with Crippen molar-refractivity contribution in [3.8, 4) is 0 Å². The Morgan fingerprint density at radius 1 is 1.35 bits per heavy atom. The third kappa shape index (κ3) is 3.69. The summed E-state index contributed by atoms with van der Waals surface area (Å²) in [7, 11) is -3.39. The highest BCUT2D eigenvalue weighted by atomic mass is 32.2. The number of sulfonamides is 1. The fourth-order valence-corrected chi connectivity index (χ4v) is 3.57. The van der Waals surface area contributed by atoms with E-state index in [4.69, 9.17) is 0 Å². The van der Waals surface area contributed by atoms with Crippen molar-refractivity contribution in [2.45, 2.75) is 26.4 Å². The van der Waals surface area contributed by atoms with Gasteiger partial charge in [0.15, 0.2) is 0 Å². The number of benzene rings is 1. The van der Waals surface area contributed by atoms with Gasteiger partial charge in [0.2, 0.25) is 10.0 Å². The Hall–Kier alpha value is -1.17. The van der Waals surface area contributed by atoms with E-state index in [2.05, 4.69) is 0 Å². The monoisotopic (exact) mass is 295 g/mol. The standard InChI is InChI=1S/C15H21NO3S/c1-12-3-5-14(6-4-12)8-10-20(18,19)16-9-7-15(11-16)13(2)17/h3-6,8,10,13,15,17H,7,9,11H2,1-2H3/b10-8+. The molecular formula is C15H21NO3S. The van der Waals surface area contributed by atoms with Gasteiger partial charge >= 0.3 is 0 Å². The average molecular weight is 295 g/mol. The maximum atomic E-state index is 12.2. The van der Waals surface area contributed by atoms with E-state index in [1.807, 2.05) is 31.2 Å². The zero-order chi connectivity index (χ0) is 14.8. The molecule has 2 unspecified atom stereocenters. The quantitative estimate of drug-likeness (QED) is 0.924. The summed E-state index contributed by atoms with van der Waals surface area (Å²) in [5.41, 5.74) is 2.01. The Bertz CT molecular complexity index is 576. The first-order valence-electron chi connectivity index (χ1n) is 6.81. The summed E-state index contributed by atoms with van der Waals surface area (Å²) in [6, 6.07) is 7.69. The molecule has 5 heteroatoms. The van der Waals surface area contributed by atoms with Gasteiger partial charge in [0.05, 0.1) is 6.10 Å². The molecule has 0 spiro atoms. The van der Waals surface area contributed by atoms with Crippen LogP contribution in [0.3, 0.4) is 0 Å². The molecule has 1 N–H and O–H groups in total. The predicted molar refractivity (Wildman–Crippen MR) is 80.5 cm³/mol. The van der Waals surface area contributed by atoms with Crippen molar-refractivity contribution in [2.24, 2.45) is 5.92 Å². The van der Waals surface area contributed by atoms with Gasteiger partial charge in [0.25, 0.3) is 0 Å². The second kappa shape index (κ2) is 6.08. The van der Waals surface area contributed by atoms with Crippen LogP contribution in [-0.4, -0.2) is 37.0 Å². The molecule has 0 radical (unpaired) electrons. The normalized spacial score (nSPS) is 22.4. The molecule has 0 saturated carbocycles. The van der Waals surface area contributed by atoms with E-state index in [9.17, 15) is 13.5 Å². The molecule has 110 valence electrons. The van der Waals surface area contributed by atoms with Crippen molar-refractivity contribution >= 4 is 16.1 Å². The van der Waals surface area contributed by atoms with Crippen LogP contribution in [0.2, 0.25) is 0 Å². The van der Waals surface area contributed by atoms with Gasteiger partial charge < -0.3 is 5.11 Å². The summed E-state index contributed by atoms with van der Waals surface area (Å²) in [5.74, 6) is 0.0394. The molecule has 2 atom stereocenters. The van der Waals surface area contributed by atoms with Crippen LogP contribution in [-0.2, 0) is 10.0 Å². The summed E-state index contributed by atoms with van der Waals surface area (Å²) in [6.07, 6.45) is 1.87. The van der Waals surface area contributed by atoms with E-state index in [0.717, 1.165) is 17.5 Å². The molecule has 1 aromatic rings. The Morgan fingerprint density at radius 3 is 2.55 bits per heavy atom. The first-order valence-corrected chi connectivity index (χ1v) is 8.32. The third-order valence-corrected chi connectivity index (χ3v) is 5.27. The van der Waals surface area contributed by atoms with Crippen LogP contribution < -0.4 is 0 Å². The Labute approximate surface area is 120 Å². The topological polar surface area (TPSA) is 57.6 Å². The zero-order valence-electron chi connectivity index (χ0n) is 11.9. The summed E-state index contributed by atoms with van der Waals surface area (Å²) in [6.45, 7) is 4.59. The Kier molecular flexibility index (Phi) is 4.62. The number of aryl methyl sites for hydroxylation is 1. The summed E-state index contributed by atoms with van der Waals surface area (Å²) in [4.78, 5) is 0. The highest BCUT2D eigenvalue weighted by molar-refractivity contribution is 7.92. The average Bonchev–Trinajstić information content (AvgIpc) is 2.89. The fourth-order valence-electron chi connectivity index (χ4n) is 2.31. The number of hydrogen-bond donors (Lipinski definition) is 1. The summed E-state index contributed by atoms with van der Waals surface area (Å²) >= 11 is 0. The summed E-state index contributed by atoms with van der Waals surface area (Å²) < 4.78 is 25.8. The van der Waals surface area contributed by atoms with E-state index in [1.54, 1.807) is 13.0 Å². The second-order valence-electron chi connectivity index (χ2n) is 5.41. The van der Waals surface area contributed by atoms with Crippen molar-refractivity contribution in [3.63, 3.8) is 0 Å². The highest BCUT2D eigenvalue weighted by Crippen LogP contribution is 2.23. The molecule has 4 nitrogen and oxygen atoms in total. The lowest BCUT2D eigenvalue weighted by Gasteiger charge is -2.15. The van der Waals surface area contributed by atoms with E-state index in [1.165, 1.54) is 9.71 Å². The van der Waals surface area contributed by atoms with Gasteiger partial charge in [-0.25, -0.2) is 8.42 Å². The zero-order valence-corrected chi connectivity index (χ0v) is 12.7. The molecular weight excluding hydrogens is 274 g/mol. The smallest absolute Gasteiger partial charge is 0.236 e. The van der Waals surface area contributed by atoms with E-state index in [0.29, 0.717) is 13.1 Å². The van der Waals surface area contributed by atoms with Gasteiger partial charge in [-0.1, -0.05) is 29.8 Å². The van der Waals surface area contributed by atoms with Gasteiger partial charge in [-0.3, -0.25) is 0 Å². The van der Waals surface area contributed by atoms with Gasteiger partial charge in [-0.05, 0) is 37.8 Å². The van der Waals surface area contributed by atoms with E-state index >= 15 is 0 Å².